The SMILES string of the molecule is Cc1nc2c(OCc3cc(F)cc(F)c3F)cccn2c1C(=O)N[C@@H](CO)c1ccccc1. The number of aliphatic hydroxyl groups excluding tert-OH is 1. The van der Waals surface area contributed by atoms with E-state index in [0.717, 1.165) is 11.6 Å². The number of aromatic nitrogens is 2. The van der Waals surface area contributed by atoms with Gasteiger partial charge < -0.3 is 15.2 Å². The Labute approximate surface area is 187 Å². The van der Waals surface area contributed by atoms with Gasteiger partial charge in [0.05, 0.1) is 18.3 Å². The van der Waals surface area contributed by atoms with E-state index in [-0.39, 0.29) is 29.3 Å². The van der Waals surface area contributed by atoms with Crippen molar-refractivity contribution < 1.29 is 27.8 Å². The molecular weight excluding hydrogens is 435 g/mol. The quantitative estimate of drug-likeness (QED) is 0.412. The first-order chi connectivity index (χ1) is 15.9. The molecule has 0 radical (unpaired) electrons. The minimum absolute atomic E-state index is 0.200. The number of carbonyl (C=O) groups excluding carboxylic acids is 1. The first-order valence-corrected chi connectivity index (χ1v) is 10.1. The van der Waals surface area contributed by atoms with Crippen molar-refractivity contribution >= 4 is 11.6 Å². The zero-order valence-corrected chi connectivity index (χ0v) is 17.6. The number of hydrogen-bond donors (Lipinski definition) is 2. The Hall–Kier alpha value is -3.85. The van der Waals surface area contributed by atoms with Gasteiger partial charge in [0, 0.05) is 17.8 Å². The molecule has 6 nitrogen and oxygen atoms in total. The van der Waals surface area contributed by atoms with Gasteiger partial charge in [-0.2, -0.15) is 0 Å². The molecule has 4 aromatic rings. The second-order valence-electron chi connectivity index (χ2n) is 7.38. The fourth-order valence-electron chi connectivity index (χ4n) is 3.56. The Bertz CT molecular complexity index is 1310. The zero-order valence-electron chi connectivity index (χ0n) is 17.6. The molecule has 1 amide bonds. The summed E-state index contributed by atoms with van der Waals surface area (Å²) in [6.45, 7) is 0.910. The van der Waals surface area contributed by atoms with Gasteiger partial charge in [-0.25, -0.2) is 18.2 Å². The molecule has 2 N–H and O–H groups in total. The molecule has 0 fully saturated rings. The standard InChI is InChI=1S/C24H20F3N3O3/c1-14-22(24(32)29-19(12-31)15-6-3-2-4-7-15)30-9-5-8-20(23(30)28-14)33-13-16-10-17(25)11-18(26)21(16)27/h2-11,19,31H,12-13H2,1H3,(H,29,32)/t19-/m0/s1. The molecule has 1 atom stereocenters. The van der Waals surface area contributed by atoms with E-state index in [9.17, 15) is 23.1 Å². The number of carbonyl (C=O) groups is 1. The van der Waals surface area contributed by atoms with Crippen LogP contribution < -0.4 is 10.1 Å². The molecule has 170 valence electrons. The highest BCUT2D eigenvalue weighted by atomic mass is 19.2. The molecule has 0 spiro atoms. The summed E-state index contributed by atoms with van der Waals surface area (Å²) in [4.78, 5) is 17.4. The average Bonchev–Trinajstić information content (AvgIpc) is 3.15. The number of benzene rings is 2. The molecule has 0 aliphatic rings. The molecule has 0 aliphatic carbocycles. The van der Waals surface area contributed by atoms with Crippen molar-refractivity contribution in [2.75, 3.05) is 6.61 Å². The van der Waals surface area contributed by atoms with Crippen molar-refractivity contribution in [2.45, 2.75) is 19.6 Å². The maximum absolute atomic E-state index is 14.0. The Kier molecular flexibility index (Phi) is 6.32. The van der Waals surface area contributed by atoms with Crippen LogP contribution in [0.5, 0.6) is 5.75 Å². The predicted octanol–water partition coefficient (Wildman–Crippen LogP) is 4.10. The van der Waals surface area contributed by atoms with Gasteiger partial charge in [-0.1, -0.05) is 30.3 Å². The summed E-state index contributed by atoms with van der Waals surface area (Å²) in [5, 5.41) is 12.5. The van der Waals surface area contributed by atoms with E-state index in [2.05, 4.69) is 10.3 Å². The average molecular weight is 455 g/mol. The van der Waals surface area contributed by atoms with E-state index in [4.69, 9.17) is 4.74 Å². The fraction of sp³-hybridized carbons (Fsp3) is 0.167. The van der Waals surface area contributed by atoms with Gasteiger partial charge in [0.25, 0.3) is 5.91 Å². The predicted molar refractivity (Wildman–Crippen MR) is 114 cm³/mol. The number of nitrogens with one attached hydrogen (secondary N) is 1. The topological polar surface area (TPSA) is 75.9 Å². The number of hydrogen-bond acceptors (Lipinski definition) is 4. The monoisotopic (exact) mass is 455 g/mol. The lowest BCUT2D eigenvalue weighted by Crippen LogP contribution is -2.32. The number of imidazole rings is 1. The van der Waals surface area contributed by atoms with Crippen LogP contribution in [0.3, 0.4) is 0 Å². The number of pyridine rings is 1. The minimum atomic E-state index is -1.31. The number of halogens is 3. The maximum atomic E-state index is 14.0. The van der Waals surface area contributed by atoms with Crippen molar-refractivity contribution in [1.29, 1.82) is 0 Å². The summed E-state index contributed by atoms with van der Waals surface area (Å²) in [6, 6.07) is 12.9. The van der Waals surface area contributed by atoms with Gasteiger partial charge >= 0.3 is 0 Å². The first-order valence-electron chi connectivity index (χ1n) is 10.1. The molecule has 33 heavy (non-hydrogen) atoms. The number of amides is 1. The minimum Gasteiger partial charge on any atom is -0.485 e. The van der Waals surface area contributed by atoms with Gasteiger partial charge in [-0.15, -0.1) is 0 Å². The number of nitrogens with zero attached hydrogens (tertiary/aromatic N) is 2. The highest BCUT2D eigenvalue weighted by Gasteiger charge is 2.22. The third kappa shape index (κ3) is 4.54. The molecule has 0 saturated carbocycles. The number of fused-ring (bicyclic) bond motifs is 1. The Morgan fingerprint density at radius 2 is 1.91 bits per heavy atom. The van der Waals surface area contributed by atoms with Crippen LogP contribution in [0.25, 0.3) is 5.65 Å². The highest BCUT2D eigenvalue weighted by molar-refractivity contribution is 5.95. The lowest BCUT2D eigenvalue weighted by atomic mass is 10.1. The van der Waals surface area contributed by atoms with E-state index in [0.29, 0.717) is 11.8 Å². The summed E-state index contributed by atoms with van der Waals surface area (Å²) in [5.41, 5.74) is 1.36. The molecule has 0 saturated heterocycles. The van der Waals surface area contributed by atoms with E-state index in [1.807, 2.05) is 6.07 Å². The van der Waals surface area contributed by atoms with Crippen LogP contribution in [0.2, 0.25) is 0 Å². The van der Waals surface area contributed by atoms with Crippen LogP contribution >= 0.6 is 0 Å². The van der Waals surface area contributed by atoms with E-state index < -0.39 is 36.0 Å². The lowest BCUT2D eigenvalue weighted by Gasteiger charge is -2.17. The van der Waals surface area contributed by atoms with Crippen molar-refractivity contribution in [3.05, 3.63) is 101 Å². The van der Waals surface area contributed by atoms with Crippen LogP contribution in [0, 0.1) is 24.4 Å². The second kappa shape index (κ2) is 9.33. The van der Waals surface area contributed by atoms with Crippen molar-refractivity contribution in [1.82, 2.24) is 14.7 Å². The molecule has 2 aromatic carbocycles. The second-order valence-corrected chi connectivity index (χ2v) is 7.38. The summed E-state index contributed by atoms with van der Waals surface area (Å²) in [7, 11) is 0. The summed E-state index contributed by atoms with van der Waals surface area (Å²) < 4.78 is 48.0. The number of ether oxygens (including phenoxy) is 1. The molecule has 0 unspecified atom stereocenters. The molecule has 0 aliphatic heterocycles. The molecule has 2 heterocycles. The summed E-state index contributed by atoms with van der Waals surface area (Å²) in [6.07, 6.45) is 1.61. The molecule has 0 bridgehead atoms. The third-order valence-corrected chi connectivity index (χ3v) is 5.14. The summed E-state index contributed by atoms with van der Waals surface area (Å²) in [5.74, 6) is -3.68. The molecule has 2 aromatic heterocycles. The van der Waals surface area contributed by atoms with E-state index >= 15 is 0 Å². The number of aliphatic hydroxyl groups is 1. The first kappa shape index (κ1) is 22.3. The third-order valence-electron chi connectivity index (χ3n) is 5.14. The highest BCUT2D eigenvalue weighted by Crippen LogP contribution is 2.25. The normalized spacial score (nSPS) is 12.0. The largest absolute Gasteiger partial charge is 0.485 e. The molecular formula is C24H20F3N3O3. The Morgan fingerprint density at radius 1 is 1.15 bits per heavy atom. The van der Waals surface area contributed by atoms with Crippen LogP contribution in [-0.2, 0) is 6.61 Å². The molecule has 9 heteroatoms. The van der Waals surface area contributed by atoms with Crippen LogP contribution in [0.15, 0.2) is 60.8 Å². The number of aryl methyl sites for hydroxylation is 1. The lowest BCUT2D eigenvalue weighted by molar-refractivity contribution is 0.0909. The van der Waals surface area contributed by atoms with Gasteiger partial charge in [0.2, 0.25) is 0 Å². The smallest absolute Gasteiger partial charge is 0.270 e. The zero-order chi connectivity index (χ0) is 23.5. The van der Waals surface area contributed by atoms with Gasteiger partial charge in [-0.05, 0) is 30.7 Å². The van der Waals surface area contributed by atoms with Gasteiger partial charge in [0.15, 0.2) is 23.0 Å². The Balaban J connectivity index is 1.61. The van der Waals surface area contributed by atoms with Crippen molar-refractivity contribution in [3.8, 4) is 5.75 Å². The van der Waals surface area contributed by atoms with Crippen molar-refractivity contribution in [3.63, 3.8) is 0 Å². The van der Waals surface area contributed by atoms with E-state index in [1.165, 1.54) is 4.40 Å². The molecule has 4 rings (SSSR count). The van der Waals surface area contributed by atoms with E-state index in [1.54, 1.807) is 49.5 Å². The van der Waals surface area contributed by atoms with Crippen LogP contribution in [-0.4, -0.2) is 27.0 Å². The number of rotatable bonds is 7. The fourth-order valence-corrected chi connectivity index (χ4v) is 3.56. The van der Waals surface area contributed by atoms with Gasteiger partial charge in [0.1, 0.15) is 18.1 Å². The van der Waals surface area contributed by atoms with Gasteiger partial charge in [-0.3, -0.25) is 9.20 Å². The Morgan fingerprint density at radius 3 is 2.64 bits per heavy atom. The summed E-state index contributed by atoms with van der Waals surface area (Å²) >= 11 is 0. The van der Waals surface area contributed by atoms with Crippen molar-refractivity contribution in [2.24, 2.45) is 0 Å². The maximum Gasteiger partial charge on any atom is 0.270 e. The van der Waals surface area contributed by atoms with Crippen LogP contribution in [0.4, 0.5) is 13.2 Å². The van der Waals surface area contributed by atoms with Crippen LogP contribution in [0.1, 0.15) is 33.4 Å².